The van der Waals surface area contributed by atoms with Crippen LogP contribution in [0, 0.1) is 0 Å². The van der Waals surface area contributed by atoms with E-state index >= 15 is 0 Å². The summed E-state index contributed by atoms with van der Waals surface area (Å²) in [5.74, 6) is -0.0810. The van der Waals surface area contributed by atoms with E-state index < -0.39 is 0 Å². The summed E-state index contributed by atoms with van der Waals surface area (Å²) in [6.07, 6.45) is 0.925. The van der Waals surface area contributed by atoms with Gasteiger partial charge in [0.2, 0.25) is 0 Å². The van der Waals surface area contributed by atoms with Gasteiger partial charge in [0.05, 0.1) is 6.42 Å². The summed E-state index contributed by atoms with van der Waals surface area (Å²) < 4.78 is 0. The van der Waals surface area contributed by atoms with E-state index in [1.807, 2.05) is 0 Å². The van der Waals surface area contributed by atoms with Crippen LogP contribution in [0.15, 0.2) is 0 Å². The zero-order chi connectivity index (χ0) is 6.41. The van der Waals surface area contributed by atoms with Crippen molar-refractivity contribution < 1.29 is 9.59 Å². The number of ketones is 1. The summed E-state index contributed by atoms with van der Waals surface area (Å²) in [5.41, 5.74) is 5.02. The van der Waals surface area contributed by atoms with Gasteiger partial charge in [-0.1, -0.05) is 0 Å². The van der Waals surface area contributed by atoms with E-state index in [4.69, 9.17) is 5.73 Å². The van der Waals surface area contributed by atoms with E-state index in [0.717, 1.165) is 0 Å². The van der Waals surface area contributed by atoms with Crippen LogP contribution in [-0.2, 0) is 9.59 Å². The Labute approximate surface area is 47.9 Å². The number of rotatable bonds is 4. The summed E-state index contributed by atoms with van der Waals surface area (Å²) in [6, 6.07) is 0. The maximum atomic E-state index is 10.3. The second-order valence-corrected chi connectivity index (χ2v) is 1.45. The van der Waals surface area contributed by atoms with Crippen molar-refractivity contribution in [3.63, 3.8) is 0 Å². The Hall–Kier alpha value is -0.700. The molecular formula is C5H9NO2. The van der Waals surface area contributed by atoms with E-state index in [9.17, 15) is 9.59 Å². The van der Waals surface area contributed by atoms with Crippen LogP contribution in [0.4, 0.5) is 0 Å². The molecule has 0 fully saturated rings. The molecule has 0 rings (SSSR count). The van der Waals surface area contributed by atoms with Crippen LogP contribution in [0.5, 0.6) is 0 Å². The molecule has 0 aliphatic rings. The van der Waals surface area contributed by atoms with Gasteiger partial charge in [0.25, 0.3) is 0 Å². The number of Topliss-reactive ketones (excluding diaryl/α,β-unsaturated/α-hetero) is 1. The van der Waals surface area contributed by atoms with Gasteiger partial charge in [-0.25, -0.2) is 0 Å². The van der Waals surface area contributed by atoms with Crippen molar-refractivity contribution in [1.29, 1.82) is 0 Å². The normalized spacial score (nSPS) is 8.62. The predicted molar refractivity (Wildman–Crippen MR) is 29.4 cm³/mol. The standard InChI is InChI=1S/C5H9NO2/c6-3-1-5(8)2-4-7/h4H,1-3,6H2. The molecule has 0 aromatic rings. The third-order valence-corrected chi connectivity index (χ3v) is 0.734. The summed E-state index contributed by atoms with van der Waals surface area (Å²) in [7, 11) is 0. The molecule has 0 atom stereocenters. The highest BCUT2D eigenvalue weighted by Gasteiger charge is 1.95. The van der Waals surface area contributed by atoms with Gasteiger partial charge in [-0.15, -0.1) is 0 Å². The number of hydrogen-bond acceptors (Lipinski definition) is 3. The first-order valence-electron chi connectivity index (χ1n) is 2.46. The molecule has 0 aromatic heterocycles. The van der Waals surface area contributed by atoms with Gasteiger partial charge in [0.15, 0.2) is 0 Å². The minimum atomic E-state index is -0.0810. The second-order valence-electron chi connectivity index (χ2n) is 1.45. The van der Waals surface area contributed by atoms with Crippen LogP contribution in [0.1, 0.15) is 12.8 Å². The average molecular weight is 115 g/mol. The van der Waals surface area contributed by atoms with Gasteiger partial charge in [-0.05, 0) is 6.54 Å². The zero-order valence-electron chi connectivity index (χ0n) is 4.59. The second kappa shape index (κ2) is 4.46. The Morgan fingerprint density at radius 3 is 2.62 bits per heavy atom. The fraction of sp³-hybridized carbons (Fsp3) is 0.600. The minimum Gasteiger partial charge on any atom is -0.330 e. The zero-order valence-corrected chi connectivity index (χ0v) is 4.59. The average Bonchev–Trinajstić information content (AvgIpc) is 1.68. The van der Waals surface area contributed by atoms with Crippen molar-refractivity contribution in [2.45, 2.75) is 12.8 Å². The monoisotopic (exact) mass is 115 g/mol. The largest absolute Gasteiger partial charge is 0.330 e. The van der Waals surface area contributed by atoms with Crippen molar-refractivity contribution in [2.24, 2.45) is 5.73 Å². The summed E-state index contributed by atoms with van der Waals surface area (Å²) >= 11 is 0. The molecule has 3 nitrogen and oxygen atoms in total. The van der Waals surface area contributed by atoms with Crippen LogP contribution >= 0.6 is 0 Å². The third-order valence-electron chi connectivity index (χ3n) is 0.734. The van der Waals surface area contributed by atoms with Crippen molar-refractivity contribution in [2.75, 3.05) is 6.54 Å². The maximum Gasteiger partial charge on any atom is 0.141 e. The van der Waals surface area contributed by atoms with Gasteiger partial charge < -0.3 is 10.5 Å². The maximum absolute atomic E-state index is 10.3. The minimum absolute atomic E-state index is 0.0111. The molecule has 0 aromatic carbocycles. The molecule has 0 saturated carbocycles. The topological polar surface area (TPSA) is 60.2 Å². The van der Waals surface area contributed by atoms with Gasteiger partial charge in [0, 0.05) is 6.42 Å². The lowest BCUT2D eigenvalue weighted by atomic mass is 10.2. The van der Waals surface area contributed by atoms with Gasteiger partial charge in [0.1, 0.15) is 12.1 Å². The van der Waals surface area contributed by atoms with Crippen LogP contribution < -0.4 is 5.73 Å². The van der Waals surface area contributed by atoms with Crippen LogP contribution in [-0.4, -0.2) is 18.6 Å². The first kappa shape index (κ1) is 7.30. The summed E-state index contributed by atoms with van der Waals surface area (Å²) in [4.78, 5) is 20.0. The lowest BCUT2D eigenvalue weighted by Crippen LogP contribution is -2.07. The summed E-state index contributed by atoms with van der Waals surface area (Å²) in [6.45, 7) is 0.340. The highest BCUT2D eigenvalue weighted by atomic mass is 16.1. The first-order valence-corrected chi connectivity index (χ1v) is 2.46. The molecule has 46 valence electrons. The number of carbonyl (C=O) groups excluding carboxylic acids is 2. The number of aldehydes is 1. The summed E-state index contributed by atoms with van der Waals surface area (Å²) in [5, 5.41) is 0. The number of hydrogen-bond donors (Lipinski definition) is 1. The molecule has 0 spiro atoms. The Balaban J connectivity index is 3.18. The smallest absolute Gasteiger partial charge is 0.141 e. The van der Waals surface area contributed by atoms with Crippen LogP contribution in [0.25, 0.3) is 0 Å². The number of carbonyl (C=O) groups is 2. The lowest BCUT2D eigenvalue weighted by Gasteiger charge is -1.87. The van der Waals surface area contributed by atoms with Crippen molar-refractivity contribution in [1.82, 2.24) is 0 Å². The Bertz CT molecular complexity index is 90.4. The molecule has 0 radical (unpaired) electrons. The molecule has 0 unspecified atom stereocenters. The van der Waals surface area contributed by atoms with E-state index in [2.05, 4.69) is 0 Å². The van der Waals surface area contributed by atoms with E-state index in [-0.39, 0.29) is 12.2 Å². The van der Waals surface area contributed by atoms with Gasteiger partial charge in [-0.3, -0.25) is 4.79 Å². The highest BCUT2D eigenvalue weighted by Crippen LogP contribution is 1.81. The predicted octanol–water partition coefficient (Wildman–Crippen LogP) is -0.507. The quantitative estimate of drug-likeness (QED) is 0.396. The van der Waals surface area contributed by atoms with Crippen LogP contribution in [0.3, 0.4) is 0 Å². The molecular weight excluding hydrogens is 106 g/mol. The van der Waals surface area contributed by atoms with Crippen molar-refractivity contribution in [3.05, 3.63) is 0 Å². The van der Waals surface area contributed by atoms with Crippen LogP contribution in [0.2, 0.25) is 0 Å². The Kier molecular flexibility index (Phi) is 4.07. The Morgan fingerprint density at radius 2 is 2.25 bits per heavy atom. The SMILES string of the molecule is NCCC(=O)CC=O. The van der Waals surface area contributed by atoms with E-state index in [1.54, 1.807) is 0 Å². The molecule has 0 heterocycles. The molecule has 8 heavy (non-hydrogen) atoms. The number of nitrogens with two attached hydrogens (primary N) is 1. The lowest BCUT2D eigenvalue weighted by molar-refractivity contribution is -0.122. The van der Waals surface area contributed by atoms with Crippen molar-refractivity contribution in [3.8, 4) is 0 Å². The van der Waals surface area contributed by atoms with Gasteiger partial charge >= 0.3 is 0 Å². The molecule has 0 aliphatic heterocycles. The molecule has 0 bridgehead atoms. The molecule has 0 saturated heterocycles. The van der Waals surface area contributed by atoms with E-state index in [1.165, 1.54) is 0 Å². The van der Waals surface area contributed by atoms with E-state index in [0.29, 0.717) is 19.3 Å². The van der Waals surface area contributed by atoms with Crippen molar-refractivity contribution >= 4 is 12.1 Å². The fourth-order valence-electron chi connectivity index (χ4n) is 0.356. The van der Waals surface area contributed by atoms with Gasteiger partial charge in [-0.2, -0.15) is 0 Å². The first-order chi connectivity index (χ1) is 3.81. The molecule has 2 N–H and O–H groups in total. The Morgan fingerprint density at radius 1 is 1.62 bits per heavy atom. The molecule has 0 amide bonds. The molecule has 3 heteroatoms. The highest BCUT2D eigenvalue weighted by molar-refractivity contribution is 5.89. The fourth-order valence-corrected chi connectivity index (χ4v) is 0.356. The third kappa shape index (κ3) is 3.49. The molecule has 0 aliphatic carbocycles.